The summed E-state index contributed by atoms with van der Waals surface area (Å²) in [6, 6.07) is 22.2. The topological polar surface area (TPSA) is 110 Å². The zero-order valence-electron chi connectivity index (χ0n) is 18.9. The quantitative estimate of drug-likeness (QED) is 0.308. The fraction of sp³-hybridized carbons (Fsp3) is 0.0385. The van der Waals surface area contributed by atoms with Crippen molar-refractivity contribution in [3.05, 3.63) is 109 Å². The van der Waals surface area contributed by atoms with E-state index in [2.05, 4.69) is 36.0 Å². The first kappa shape index (κ1) is 21.8. The van der Waals surface area contributed by atoms with E-state index in [-0.39, 0.29) is 5.91 Å². The zero-order chi connectivity index (χ0) is 24.0. The monoisotopic (exact) mass is 462 g/mol. The molecule has 5 rings (SSSR count). The Hall–Kier alpha value is -5.05. The van der Waals surface area contributed by atoms with Crippen molar-refractivity contribution in [2.24, 2.45) is 0 Å². The van der Waals surface area contributed by atoms with Crippen molar-refractivity contribution in [3.63, 3.8) is 0 Å². The molecule has 0 aliphatic rings. The molecule has 172 valence electrons. The number of benzene rings is 2. The standard InChI is InChI=1S/C26H22N8O/c1-18-10-12-27-23(14-18)33-25-16-24(28-17-29-25)31-20-6-8-21(9-7-20)32-26(35)19-4-2-5-22(15-19)34-13-3-11-30-34/h2-17H,1H3,(H,32,35)(H2,27,28,29,31,33). The number of carbonyl (C=O) groups is 1. The molecule has 0 saturated heterocycles. The van der Waals surface area contributed by atoms with Gasteiger partial charge >= 0.3 is 0 Å². The van der Waals surface area contributed by atoms with Gasteiger partial charge in [-0.15, -0.1) is 0 Å². The van der Waals surface area contributed by atoms with Gasteiger partial charge in [0.05, 0.1) is 5.69 Å². The molecule has 5 aromatic rings. The molecular formula is C26H22N8O. The van der Waals surface area contributed by atoms with E-state index >= 15 is 0 Å². The van der Waals surface area contributed by atoms with Gasteiger partial charge in [0.15, 0.2) is 0 Å². The molecule has 0 aliphatic heterocycles. The van der Waals surface area contributed by atoms with Gasteiger partial charge in [0, 0.05) is 41.6 Å². The maximum atomic E-state index is 12.7. The van der Waals surface area contributed by atoms with Gasteiger partial charge in [0.1, 0.15) is 23.8 Å². The summed E-state index contributed by atoms with van der Waals surface area (Å²) in [5.74, 6) is 1.77. The molecule has 0 aliphatic carbocycles. The van der Waals surface area contributed by atoms with E-state index in [0.717, 1.165) is 16.9 Å². The number of aryl methyl sites for hydroxylation is 1. The lowest BCUT2D eigenvalue weighted by atomic mass is 10.2. The Kier molecular flexibility index (Phi) is 6.12. The van der Waals surface area contributed by atoms with Crippen molar-refractivity contribution in [1.82, 2.24) is 24.7 Å². The lowest BCUT2D eigenvalue weighted by Crippen LogP contribution is -2.12. The maximum Gasteiger partial charge on any atom is 0.255 e. The number of anilines is 5. The van der Waals surface area contributed by atoms with Gasteiger partial charge in [-0.2, -0.15) is 5.10 Å². The number of nitrogens with zero attached hydrogens (tertiary/aromatic N) is 5. The second-order valence-electron chi connectivity index (χ2n) is 7.79. The van der Waals surface area contributed by atoms with E-state index in [1.165, 1.54) is 6.33 Å². The van der Waals surface area contributed by atoms with Crippen molar-refractivity contribution in [3.8, 4) is 5.69 Å². The van der Waals surface area contributed by atoms with Gasteiger partial charge in [-0.05, 0) is 73.2 Å². The highest BCUT2D eigenvalue weighted by atomic mass is 16.1. The lowest BCUT2D eigenvalue weighted by Gasteiger charge is -2.10. The molecule has 0 spiro atoms. The Morgan fingerprint density at radius 3 is 2.31 bits per heavy atom. The Morgan fingerprint density at radius 1 is 0.771 bits per heavy atom. The van der Waals surface area contributed by atoms with Gasteiger partial charge in [-0.3, -0.25) is 4.79 Å². The van der Waals surface area contributed by atoms with Crippen LogP contribution in [-0.2, 0) is 0 Å². The molecule has 9 nitrogen and oxygen atoms in total. The highest BCUT2D eigenvalue weighted by molar-refractivity contribution is 6.04. The Morgan fingerprint density at radius 2 is 1.54 bits per heavy atom. The van der Waals surface area contributed by atoms with E-state index in [9.17, 15) is 4.79 Å². The summed E-state index contributed by atoms with van der Waals surface area (Å²) < 4.78 is 1.71. The van der Waals surface area contributed by atoms with Crippen LogP contribution in [0.2, 0.25) is 0 Å². The Labute approximate surface area is 201 Å². The molecule has 0 radical (unpaired) electrons. The van der Waals surface area contributed by atoms with Crippen molar-refractivity contribution < 1.29 is 4.79 Å². The molecule has 3 N–H and O–H groups in total. The summed E-state index contributed by atoms with van der Waals surface area (Å²) >= 11 is 0. The number of hydrogen-bond acceptors (Lipinski definition) is 7. The SMILES string of the molecule is Cc1ccnc(Nc2cc(Nc3ccc(NC(=O)c4cccc(-n5cccn5)c4)cc3)ncn2)c1. The average Bonchev–Trinajstić information content (AvgIpc) is 3.41. The van der Waals surface area contributed by atoms with E-state index in [1.54, 1.807) is 35.3 Å². The average molecular weight is 463 g/mol. The number of nitrogens with one attached hydrogen (secondary N) is 3. The van der Waals surface area contributed by atoms with Crippen molar-refractivity contribution in [2.75, 3.05) is 16.0 Å². The minimum Gasteiger partial charge on any atom is -0.340 e. The predicted molar refractivity (Wildman–Crippen MR) is 136 cm³/mol. The van der Waals surface area contributed by atoms with Gasteiger partial charge in [0.25, 0.3) is 5.91 Å². The number of rotatable bonds is 7. The van der Waals surface area contributed by atoms with Crippen LogP contribution in [0.15, 0.2) is 97.7 Å². The van der Waals surface area contributed by atoms with E-state index in [0.29, 0.717) is 28.7 Å². The highest BCUT2D eigenvalue weighted by Crippen LogP contribution is 2.21. The number of carbonyl (C=O) groups excluding carboxylic acids is 1. The smallest absolute Gasteiger partial charge is 0.255 e. The van der Waals surface area contributed by atoms with Crippen LogP contribution in [0.1, 0.15) is 15.9 Å². The van der Waals surface area contributed by atoms with E-state index < -0.39 is 0 Å². The van der Waals surface area contributed by atoms with Crippen molar-refractivity contribution in [2.45, 2.75) is 6.92 Å². The molecule has 2 aromatic carbocycles. The predicted octanol–water partition coefficient (Wildman–Crippen LogP) is 5.11. The second-order valence-corrected chi connectivity index (χ2v) is 7.79. The third-order valence-corrected chi connectivity index (χ3v) is 5.13. The van der Waals surface area contributed by atoms with Crippen LogP contribution in [0.5, 0.6) is 0 Å². The molecule has 0 bridgehead atoms. The Balaban J connectivity index is 1.23. The maximum absolute atomic E-state index is 12.7. The summed E-state index contributed by atoms with van der Waals surface area (Å²) in [5.41, 5.74) is 3.97. The van der Waals surface area contributed by atoms with Gasteiger partial charge in [-0.1, -0.05) is 6.07 Å². The fourth-order valence-corrected chi connectivity index (χ4v) is 3.43. The molecule has 1 amide bonds. The summed E-state index contributed by atoms with van der Waals surface area (Å²) in [4.78, 5) is 25.5. The van der Waals surface area contributed by atoms with Crippen LogP contribution in [0.4, 0.5) is 28.8 Å². The summed E-state index contributed by atoms with van der Waals surface area (Å²) in [7, 11) is 0. The number of hydrogen-bond donors (Lipinski definition) is 3. The second kappa shape index (κ2) is 9.84. The minimum absolute atomic E-state index is 0.198. The number of pyridine rings is 1. The normalized spacial score (nSPS) is 10.5. The molecule has 35 heavy (non-hydrogen) atoms. The molecule has 0 unspecified atom stereocenters. The van der Waals surface area contributed by atoms with Crippen molar-refractivity contribution in [1.29, 1.82) is 0 Å². The van der Waals surface area contributed by atoms with Crippen LogP contribution in [0.25, 0.3) is 5.69 Å². The van der Waals surface area contributed by atoms with E-state index in [1.807, 2.05) is 67.7 Å². The van der Waals surface area contributed by atoms with Gasteiger partial charge in [0.2, 0.25) is 0 Å². The molecule has 3 heterocycles. The van der Waals surface area contributed by atoms with Gasteiger partial charge in [-0.25, -0.2) is 19.6 Å². The zero-order valence-corrected chi connectivity index (χ0v) is 18.9. The van der Waals surface area contributed by atoms with Crippen LogP contribution in [0, 0.1) is 6.92 Å². The minimum atomic E-state index is -0.198. The molecule has 9 heteroatoms. The van der Waals surface area contributed by atoms with Gasteiger partial charge < -0.3 is 16.0 Å². The van der Waals surface area contributed by atoms with Crippen LogP contribution < -0.4 is 16.0 Å². The Bertz CT molecular complexity index is 1450. The molecule has 3 aromatic heterocycles. The first-order valence-electron chi connectivity index (χ1n) is 10.9. The van der Waals surface area contributed by atoms with Crippen LogP contribution in [-0.4, -0.2) is 30.6 Å². The van der Waals surface area contributed by atoms with Crippen LogP contribution >= 0.6 is 0 Å². The highest BCUT2D eigenvalue weighted by Gasteiger charge is 2.08. The fourth-order valence-electron chi connectivity index (χ4n) is 3.43. The third kappa shape index (κ3) is 5.48. The summed E-state index contributed by atoms with van der Waals surface area (Å²) in [5, 5.41) is 13.5. The first-order valence-corrected chi connectivity index (χ1v) is 10.9. The summed E-state index contributed by atoms with van der Waals surface area (Å²) in [6.45, 7) is 2.00. The molecule has 0 atom stereocenters. The lowest BCUT2D eigenvalue weighted by molar-refractivity contribution is 0.102. The number of aromatic nitrogens is 5. The summed E-state index contributed by atoms with van der Waals surface area (Å²) in [6.07, 6.45) is 6.75. The number of amides is 1. The third-order valence-electron chi connectivity index (χ3n) is 5.13. The first-order chi connectivity index (χ1) is 17.1. The van der Waals surface area contributed by atoms with Crippen LogP contribution in [0.3, 0.4) is 0 Å². The van der Waals surface area contributed by atoms with Crippen molar-refractivity contribution >= 4 is 34.7 Å². The molecule has 0 saturated carbocycles. The molecule has 0 fully saturated rings. The van der Waals surface area contributed by atoms with E-state index in [4.69, 9.17) is 0 Å². The molecular weight excluding hydrogens is 440 g/mol. The largest absolute Gasteiger partial charge is 0.340 e.